The first-order valence-corrected chi connectivity index (χ1v) is 5.06. The van der Waals surface area contributed by atoms with Crippen LogP contribution in [0.15, 0.2) is 40.4 Å². The predicted molar refractivity (Wildman–Crippen MR) is 55.1 cm³/mol. The van der Waals surface area contributed by atoms with Gasteiger partial charge in [0.2, 0.25) is 5.89 Å². The number of rotatable bonds is 1. The number of hydrogen-bond acceptors (Lipinski definition) is 4. The summed E-state index contributed by atoms with van der Waals surface area (Å²) in [4.78, 5) is 9.31. The summed E-state index contributed by atoms with van der Waals surface area (Å²) in [5.74, 6) is 0.647. The summed E-state index contributed by atoms with van der Waals surface area (Å²) in [6.45, 7) is 0. The molecule has 4 heteroatoms. The van der Waals surface area contributed by atoms with Gasteiger partial charge in [0.05, 0.1) is 11.7 Å². The van der Waals surface area contributed by atoms with Crippen LogP contribution in [-0.4, -0.2) is 9.97 Å². The van der Waals surface area contributed by atoms with E-state index in [-0.39, 0.29) is 0 Å². The lowest BCUT2D eigenvalue weighted by molar-refractivity contribution is 0.621. The summed E-state index contributed by atoms with van der Waals surface area (Å²) >= 11 is 1.52. The molecule has 2 aromatic heterocycles. The van der Waals surface area contributed by atoms with Gasteiger partial charge >= 0.3 is 0 Å². The molecule has 0 bridgehead atoms. The Balaban J connectivity index is 2.24. The molecule has 0 aliphatic heterocycles. The lowest BCUT2D eigenvalue weighted by Crippen LogP contribution is -1.68. The van der Waals surface area contributed by atoms with Crippen LogP contribution in [0.2, 0.25) is 0 Å². The Kier molecular flexibility index (Phi) is 1.61. The van der Waals surface area contributed by atoms with Gasteiger partial charge in [-0.15, -0.1) is 11.3 Å². The minimum atomic E-state index is 0.647. The fraction of sp³-hybridized carbons (Fsp3) is 0. The molecule has 0 amide bonds. The van der Waals surface area contributed by atoms with Gasteiger partial charge in [0, 0.05) is 0 Å². The number of benzene rings is 1. The van der Waals surface area contributed by atoms with Crippen LogP contribution in [0.3, 0.4) is 0 Å². The molecule has 3 nitrogen and oxygen atoms in total. The van der Waals surface area contributed by atoms with Crippen LogP contribution < -0.4 is 0 Å². The Morgan fingerprint density at radius 1 is 1.21 bits per heavy atom. The van der Waals surface area contributed by atoms with Crippen molar-refractivity contribution in [2.24, 2.45) is 0 Å². The van der Waals surface area contributed by atoms with Crippen LogP contribution in [0.25, 0.3) is 21.9 Å². The van der Waals surface area contributed by atoms with Crippen molar-refractivity contribution in [2.75, 3.05) is 0 Å². The van der Waals surface area contributed by atoms with Crippen molar-refractivity contribution in [1.82, 2.24) is 9.97 Å². The molecule has 0 saturated carbocycles. The van der Waals surface area contributed by atoms with Gasteiger partial charge < -0.3 is 4.42 Å². The van der Waals surface area contributed by atoms with Crippen LogP contribution in [0.4, 0.5) is 0 Å². The topological polar surface area (TPSA) is 38.9 Å². The third-order valence-electron chi connectivity index (χ3n) is 1.94. The number of aromatic nitrogens is 2. The van der Waals surface area contributed by atoms with Crippen molar-refractivity contribution in [3.63, 3.8) is 0 Å². The van der Waals surface area contributed by atoms with Crippen molar-refractivity contribution in [1.29, 1.82) is 0 Å². The summed E-state index contributed by atoms with van der Waals surface area (Å²) in [5.41, 5.74) is 3.47. The minimum absolute atomic E-state index is 0.647. The second kappa shape index (κ2) is 2.92. The van der Waals surface area contributed by atoms with E-state index >= 15 is 0 Å². The summed E-state index contributed by atoms with van der Waals surface area (Å²) in [5, 5.41) is 0. The van der Waals surface area contributed by atoms with E-state index in [0.29, 0.717) is 5.89 Å². The Bertz CT molecular complexity index is 523. The maximum absolute atomic E-state index is 5.57. The first-order chi connectivity index (χ1) is 6.93. The molecule has 0 radical (unpaired) electrons. The smallest absolute Gasteiger partial charge is 0.239 e. The molecule has 1 aromatic carbocycles. The SMILES string of the molecule is c1ccc2oc(-c3cncs3)nc2c1. The van der Waals surface area contributed by atoms with Crippen LogP contribution >= 0.6 is 11.3 Å². The summed E-state index contributed by atoms with van der Waals surface area (Å²) in [6, 6.07) is 7.72. The first kappa shape index (κ1) is 7.70. The zero-order valence-electron chi connectivity index (χ0n) is 7.18. The number of thiazole rings is 1. The number of oxazole rings is 1. The van der Waals surface area contributed by atoms with Gasteiger partial charge in [-0.1, -0.05) is 12.1 Å². The molecule has 3 aromatic rings. The van der Waals surface area contributed by atoms with E-state index in [2.05, 4.69) is 9.97 Å². The molecule has 0 N–H and O–H groups in total. The highest BCUT2D eigenvalue weighted by Crippen LogP contribution is 2.26. The molecule has 0 fully saturated rings. The normalized spacial score (nSPS) is 10.9. The lowest BCUT2D eigenvalue weighted by Gasteiger charge is -1.83. The third-order valence-corrected chi connectivity index (χ3v) is 2.70. The quantitative estimate of drug-likeness (QED) is 0.609. The molecular weight excluding hydrogens is 196 g/mol. The highest BCUT2D eigenvalue weighted by molar-refractivity contribution is 7.13. The molecule has 0 spiro atoms. The van der Waals surface area contributed by atoms with E-state index in [4.69, 9.17) is 4.42 Å². The number of nitrogens with zero attached hydrogens (tertiary/aromatic N) is 2. The maximum Gasteiger partial charge on any atom is 0.239 e. The van der Waals surface area contributed by atoms with Crippen molar-refractivity contribution in [2.45, 2.75) is 0 Å². The van der Waals surface area contributed by atoms with Crippen molar-refractivity contribution >= 4 is 22.4 Å². The highest BCUT2D eigenvalue weighted by atomic mass is 32.1. The van der Waals surface area contributed by atoms with E-state index in [1.807, 2.05) is 24.3 Å². The number of fused-ring (bicyclic) bond motifs is 1. The Morgan fingerprint density at radius 3 is 2.93 bits per heavy atom. The summed E-state index contributed by atoms with van der Waals surface area (Å²) < 4.78 is 5.57. The fourth-order valence-electron chi connectivity index (χ4n) is 1.30. The van der Waals surface area contributed by atoms with Crippen LogP contribution in [0.1, 0.15) is 0 Å². The molecule has 2 heterocycles. The highest BCUT2D eigenvalue weighted by Gasteiger charge is 2.07. The summed E-state index contributed by atoms with van der Waals surface area (Å²) in [6.07, 6.45) is 1.76. The fourth-order valence-corrected chi connectivity index (χ4v) is 1.84. The molecule has 0 unspecified atom stereocenters. The van der Waals surface area contributed by atoms with E-state index in [1.165, 1.54) is 11.3 Å². The number of para-hydroxylation sites is 2. The van der Waals surface area contributed by atoms with Crippen LogP contribution in [0.5, 0.6) is 0 Å². The van der Waals surface area contributed by atoms with Crippen molar-refractivity contribution in [3.05, 3.63) is 36.0 Å². The standard InChI is InChI=1S/C10H6N2OS/c1-2-4-8-7(3-1)12-10(13-8)9-5-11-6-14-9/h1-6H. The number of hydrogen-bond donors (Lipinski definition) is 0. The zero-order valence-corrected chi connectivity index (χ0v) is 7.99. The van der Waals surface area contributed by atoms with Gasteiger partial charge in [-0.25, -0.2) is 4.98 Å². The third kappa shape index (κ3) is 1.12. The molecule has 0 aliphatic carbocycles. The van der Waals surface area contributed by atoms with Gasteiger partial charge in [-0.3, -0.25) is 4.98 Å². The van der Waals surface area contributed by atoms with Crippen molar-refractivity contribution in [3.8, 4) is 10.8 Å². The Hall–Kier alpha value is -1.68. The Labute approximate surface area is 84.0 Å². The molecule has 0 saturated heterocycles. The van der Waals surface area contributed by atoms with E-state index in [1.54, 1.807) is 11.7 Å². The predicted octanol–water partition coefficient (Wildman–Crippen LogP) is 2.95. The lowest BCUT2D eigenvalue weighted by atomic mass is 10.3. The zero-order chi connectivity index (χ0) is 9.38. The largest absolute Gasteiger partial charge is 0.435 e. The molecular formula is C10H6N2OS. The molecule has 68 valence electrons. The molecule has 3 rings (SSSR count). The second-order valence-corrected chi connectivity index (χ2v) is 3.74. The molecule has 0 aliphatic rings. The maximum atomic E-state index is 5.57. The van der Waals surface area contributed by atoms with E-state index in [9.17, 15) is 0 Å². The van der Waals surface area contributed by atoms with Gasteiger partial charge in [0.25, 0.3) is 0 Å². The average molecular weight is 202 g/mol. The molecule has 14 heavy (non-hydrogen) atoms. The molecule has 0 atom stereocenters. The summed E-state index contributed by atoms with van der Waals surface area (Å²) in [7, 11) is 0. The van der Waals surface area contributed by atoms with Gasteiger partial charge in [-0.2, -0.15) is 0 Å². The monoisotopic (exact) mass is 202 g/mol. The first-order valence-electron chi connectivity index (χ1n) is 4.18. The average Bonchev–Trinajstić information content (AvgIpc) is 2.86. The van der Waals surface area contributed by atoms with E-state index < -0.39 is 0 Å². The van der Waals surface area contributed by atoms with E-state index in [0.717, 1.165) is 16.0 Å². The second-order valence-electron chi connectivity index (χ2n) is 2.85. The van der Waals surface area contributed by atoms with Crippen LogP contribution in [-0.2, 0) is 0 Å². The van der Waals surface area contributed by atoms with Gasteiger partial charge in [0.15, 0.2) is 5.58 Å². The van der Waals surface area contributed by atoms with Crippen molar-refractivity contribution < 1.29 is 4.42 Å². The van der Waals surface area contributed by atoms with Gasteiger partial charge in [-0.05, 0) is 12.1 Å². The van der Waals surface area contributed by atoms with Gasteiger partial charge in [0.1, 0.15) is 10.4 Å². The minimum Gasteiger partial charge on any atom is -0.435 e. The van der Waals surface area contributed by atoms with Crippen LogP contribution in [0, 0.1) is 0 Å². The Morgan fingerprint density at radius 2 is 2.14 bits per heavy atom.